The Balaban J connectivity index is 2.11. The maximum atomic E-state index is 12.3. The quantitative estimate of drug-likeness (QED) is 0.917. The standard InChI is InChI=1S/C13H17F3N2O/c14-13(15,16)19-12-6-2-1-4-10(12)9-18-7-3-5-11(18)8-17/h1-2,4,6,11H,3,5,7-9,17H2. The first kappa shape index (κ1) is 14.1. The van der Waals surface area contributed by atoms with Crippen molar-refractivity contribution in [1.29, 1.82) is 0 Å². The Hall–Kier alpha value is -1.27. The van der Waals surface area contributed by atoms with Gasteiger partial charge >= 0.3 is 6.36 Å². The SMILES string of the molecule is NCC1CCCN1Cc1ccccc1OC(F)(F)F. The summed E-state index contributed by atoms with van der Waals surface area (Å²) in [5.41, 5.74) is 6.21. The fourth-order valence-corrected chi connectivity index (χ4v) is 2.45. The predicted octanol–water partition coefficient (Wildman–Crippen LogP) is 2.51. The lowest BCUT2D eigenvalue weighted by atomic mass is 10.1. The zero-order valence-corrected chi connectivity index (χ0v) is 10.5. The van der Waals surface area contributed by atoms with E-state index < -0.39 is 6.36 Å². The van der Waals surface area contributed by atoms with Crippen LogP contribution in [0.5, 0.6) is 5.75 Å². The average Bonchev–Trinajstić information content (AvgIpc) is 2.77. The molecule has 0 aliphatic carbocycles. The molecule has 1 fully saturated rings. The molecule has 1 aliphatic rings. The lowest BCUT2D eigenvalue weighted by Crippen LogP contribution is -2.35. The monoisotopic (exact) mass is 274 g/mol. The molecule has 0 bridgehead atoms. The van der Waals surface area contributed by atoms with Gasteiger partial charge in [-0.05, 0) is 25.5 Å². The van der Waals surface area contributed by atoms with E-state index in [1.165, 1.54) is 12.1 Å². The van der Waals surface area contributed by atoms with Crippen LogP contribution in [-0.2, 0) is 6.54 Å². The molecule has 1 atom stereocenters. The van der Waals surface area contributed by atoms with Crippen LogP contribution < -0.4 is 10.5 Å². The van der Waals surface area contributed by atoms with Crippen molar-refractivity contribution in [2.45, 2.75) is 31.8 Å². The third-order valence-electron chi connectivity index (χ3n) is 3.34. The topological polar surface area (TPSA) is 38.5 Å². The average molecular weight is 274 g/mol. The van der Waals surface area contributed by atoms with Crippen LogP contribution in [0.2, 0.25) is 0 Å². The Morgan fingerprint density at radius 3 is 2.74 bits per heavy atom. The number of likely N-dealkylation sites (tertiary alicyclic amines) is 1. The van der Waals surface area contributed by atoms with Gasteiger partial charge in [0.1, 0.15) is 5.75 Å². The molecule has 0 amide bonds. The van der Waals surface area contributed by atoms with Crippen molar-refractivity contribution in [3.63, 3.8) is 0 Å². The summed E-state index contributed by atoms with van der Waals surface area (Å²) in [6, 6.07) is 6.50. The number of ether oxygens (including phenoxy) is 1. The zero-order valence-electron chi connectivity index (χ0n) is 10.5. The molecule has 19 heavy (non-hydrogen) atoms. The summed E-state index contributed by atoms with van der Waals surface area (Å²) in [7, 11) is 0. The van der Waals surface area contributed by atoms with E-state index in [1.807, 2.05) is 0 Å². The van der Waals surface area contributed by atoms with Crippen LogP contribution in [0.15, 0.2) is 24.3 Å². The number of rotatable bonds is 4. The van der Waals surface area contributed by atoms with Crippen LogP contribution in [0, 0.1) is 0 Å². The van der Waals surface area contributed by atoms with Gasteiger partial charge in [-0.1, -0.05) is 18.2 Å². The Morgan fingerprint density at radius 2 is 2.05 bits per heavy atom. The summed E-state index contributed by atoms with van der Waals surface area (Å²) in [6.07, 6.45) is -2.63. The van der Waals surface area contributed by atoms with Crippen molar-refractivity contribution >= 4 is 0 Å². The van der Waals surface area contributed by atoms with Gasteiger partial charge in [-0.3, -0.25) is 4.90 Å². The summed E-state index contributed by atoms with van der Waals surface area (Å²) >= 11 is 0. The molecule has 0 spiro atoms. The van der Waals surface area contributed by atoms with Gasteiger partial charge in [-0.15, -0.1) is 13.2 Å². The molecule has 6 heteroatoms. The van der Waals surface area contributed by atoms with E-state index in [-0.39, 0.29) is 11.8 Å². The number of nitrogens with zero attached hydrogens (tertiary/aromatic N) is 1. The molecule has 3 nitrogen and oxygen atoms in total. The maximum Gasteiger partial charge on any atom is 0.573 e. The lowest BCUT2D eigenvalue weighted by Gasteiger charge is -2.24. The van der Waals surface area contributed by atoms with Crippen molar-refractivity contribution in [1.82, 2.24) is 4.90 Å². The van der Waals surface area contributed by atoms with Crippen molar-refractivity contribution in [3.8, 4) is 5.75 Å². The van der Waals surface area contributed by atoms with E-state index in [0.717, 1.165) is 19.4 Å². The Kier molecular flexibility index (Phi) is 4.31. The summed E-state index contributed by atoms with van der Waals surface area (Å²) in [6.45, 7) is 1.83. The molecule has 0 radical (unpaired) electrons. The van der Waals surface area contributed by atoms with Gasteiger partial charge in [-0.25, -0.2) is 0 Å². The minimum absolute atomic E-state index is 0.127. The molecule has 1 aromatic carbocycles. The number of alkyl halides is 3. The molecule has 0 saturated carbocycles. The van der Waals surface area contributed by atoms with Crippen LogP contribution in [0.25, 0.3) is 0 Å². The zero-order chi connectivity index (χ0) is 13.9. The molecule has 2 rings (SSSR count). The predicted molar refractivity (Wildman–Crippen MR) is 65.6 cm³/mol. The number of para-hydroxylation sites is 1. The number of halogens is 3. The minimum Gasteiger partial charge on any atom is -0.405 e. The van der Waals surface area contributed by atoms with Gasteiger partial charge < -0.3 is 10.5 Å². The number of nitrogens with two attached hydrogens (primary N) is 1. The summed E-state index contributed by atoms with van der Waals surface area (Å²) in [5.74, 6) is -0.127. The smallest absolute Gasteiger partial charge is 0.405 e. The highest BCUT2D eigenvalue weighted by atomic mass is 19.4. The van der Waals surface area contributed by atoms with E-state index in [2.05, 4.69) is 9.64 Å². The third-order valence-corrected chi connectivity index (χ3v) is 3.34. The van der Waals surface area contributed by atoms with E-state index in [0.29, 0.717) is 18.7 Å². The van der Waals surface area contributed by atoms with Gasteiger partial charge in [0.25, 0.3) is 0 Å². The normalized spacial score (nSPS) is 20.7. The van der Waals surface area contributed by atoms with E-state index in [4.69, 9.17) is 5.73 Å². The molecule has 1 aromatic rings. The third kappa shape index (κ3) is 3.84. The van der Waals surface area contributed by atoms with Crippen LogP contribution in [0.3, 0.4) is 0 Å². The second-order valence-electron chi connectivity index (χ2n) is 4.66. The molecular weight excluding hydrogens is 257 g/mol. The van der Waals surface area contributed by atoms with Gasteiger partial charge in [0.2, 0.25) is 0 Å². The molecule has 1 aliphatic heterocycles. The lowest BCUT2D eigenvalue weighted by molar-refractivity contribution is -0.275. The van der Waals surface area contributed by atoms with E-state index in [1.54, 1.807) is 12.1 Å². The first-order valence-corrected chi connectivity index (χ1v) is 6.27. The second kappa shape index (κ2) is 5.79. The molecule has 0 aromatic heterocycles. The van der Waals surface area contributed by atoms with Gasteiger partial charge in [0.15, 0.2) is 0 Å². The molecule has 2 N–H and O–H groups in total. The molecule has 1 heterocycles. The second-order valence-corrected chi connectivity index (χ2v) is 4.66. The largest absolute Gasteiger partial charge is 0.573 e. The van der Waals surface area contributed by atoms with Crippen molar-refractivity contribution in [2.75, 3.05) is 13.1 Å². The maximum absolute atomic E-state index is 12.3. The van der Waals surface area contributed by atoms with Gasteiger partial charge in [0, 0.05) is 24.7 Å². The van der Waals surface area contributed by atoms with Crippen LogP contribution >= 0.6 is 0 Å². The first-order valence-electron chi connectivity index (χ1n) is 6.27. The summed E-state index contributed by atoms with van der Waals surface area (Å²) in [4.78, 5) is 2.11. The van der Waals surface area contributed by atoms with E-state index >= 15 is 0 Å². The fraction of sp³-hybridized carbons (Fsp3) is 0.538. The number of benzene rings is 1. The number of hydrogen-bond donors (Lipinski definition) is 1. The summed E-state index contributed by atoms with van der Waals surface area (Å²) in [5, 5.41) is 0. The molecule has 1 unspecified atom stereocenters. The van der Waals surface area contributed by atoms with Gasteiger partial charge in [0.05, 0.1) is 0 Å². The van der Waals surface area contributed by atoms with Crippen LogP contribution in [-0.4, -0.2) is 30.4 Å². The van der Waals surface area contributed by atoms with Gasteiger partial charge in [-0.2, -0.15) is 0 Å². The Bertz CT molecular complexity index is 423. The van der Waals surface area contributed by atoms with Crippen LogP contribution in [0.4, 0.5) is 13.2 Å². The molecule has 1 saturated heterocycles. The van der Waals surface area contributed by atoms with Crippen molar-refractivity contribution in [3.05, 3.63) is 29.8 Å². The molecule has 106 valence electrons. The van der Waals surface area contributed by atoms with Crippen molar-refractivity contribution in [2.24, 2.45) is 5.73 Å². The van der Waals surface area contributed by atoms with E-state index in [9.17, 15) is 13.2 Å². The Morgan fingerprint density at radius 1 is 1.32 bits per heavy atom. The van der Waals surface area contributed by atoms with Crippen LogP contribution in [0.1, 0.15) is 18.4 Å². The minimum atomic E-state index is -4.66. The highest BCUT2D eigenvalue weighted by molar-refractivity contribution is 5.33. The summed E-state index contributed by atoms with van der Waals surface area (Å²) < 4.78 is 41.0. The van der Waals surface area contributed by atoms with Crippen molar-refractivity contribution < 1.29 is 17.9 Å². The Labute approximate surface area is 110 Å². The first-order chi connectivity index (χ1) is 8.99. The molecular formula is C13H17F3N2O. The fourth-order valence-electron chi connectivity index (χ4n) is 2.45. The highest BCUT2D eigenvalue weighted by Crippen LogP contribution is 2.29. The highest BCUT2D eigenvalue weighted by Gasteiger charge is 2.32. The number of hydrogen-bond acceptors (Lipinski definition) is 3.